The van der Waals surface area contributed by atoms with E-state index in [1.807, 2.05) is 0 Å². The van der Waals surface area contributed by atoms with Crippen LogP contribution in [0.15, 0.2) is 71.0 Å². The Morgan fingerprint density at radius 3 is 2.45 bits per heavy atom. The fraction of sp³-hybridized carbons (Fsp3) is 0.642. The van der Waals surface area contributed by atoms with E-state index in [1.165, 1.54) is 34.9 Å². The molecule has 3 aliphatic carbocycles. The van der Waals surface area contributed by atoms with E-state index in [1.54, 1.807) is 12.2 Å². The second kappa shape index (κ2) is 14.0. The Kier molecular flexibility index (Phi) is 8.44. The van der Waals surface area contributed by atoms with Gasteiger partial charge >= 0.3 is 17.9 Å². The lowest BCUT2D eigenvalue weighted by Crippen LogP contribution is -2.52. The van der Waals surface area contributed by atoms with E-state index in [-0.39, 0.29) is 66.1 Å². The highest BCUT2D eigenvalue weighted by Crippen LogP contribution is 2.60. The number of hydrogen-bond donors (Lipinski definition) is 2. The van der Waals surface area contributed by atoms with Crippen LogP contribution in [0.2, 0.25) is 0 Å². The van der Waals surface area contributed by atoms with Gasteiger partial charge in [0.15, 0.2) is 16.8 Å². The quantitative estimate of drug-likeness (QED) is 0.279. The van der Waals surface area contributed by atoms with E-state index in [9.17, 15) is 18.8 Å². The molecule has 14 unspecified atom stereocenters. The van der Waals surface area contributed by atoms with E-state index < -0.39 is 23.0 Å². The first-order valence-electron chi connectivity index (χ1n) is 25.7. The van der Waals surface area contributed by atoms with Crippen LogP contribution in [-0.2, 0) is 35.0 Å². The van der Waals surface area contributed by atoms with Crippen LogP contribution in [-0.4, -0.2) is 153 Å². The molecule has 6 bridgehead atoms. The molecule has 14 atom stereocenters. The van der Waals surface area contributed by atoms with Gasteiger partial charge in [0.1, 0.15) is 6.17 Å². The first kappa shape index (κ1) is 39.8. The fourth-order valence-corrected chi connectivity index (χ4v) is 17.4. The highest BCUT2D eigenvalue weighted by Gasteiger charge is 2.68. The van der Waals surface area contributed by atoms with Crippen molar-refractivity contribution in [2.45, 2.75) is 167 Å². The lowest BCUT2D eigenvalue weighted by atomic mass is 9.72. The second-order valence-electron chi connectivity index (χ2n) is 22.7. The number of aromatic amines is 1. The molecule has 15 rings (SSSR count). The lowest BCUT2D eigenvalue weighted by Gasteiger charge is -2.42. The van der Waals surface area contributed by atoms with Gasteiger partial charge in [-0.3, -0.25) is 19.6 Å². The molecule has 66 heavy (non-hydrogen) atoms. The zero-order valence-corrected chi connectivity index (χ0v) is 37.7. The van der Waals surface area contributed by atoms with Crippen molar-refractivity contribution in [2.75, 3.05) is 39.3 Å². The normalized spacial score (nSPS) is 44.4. The van der Waals surface area contributed by atoms with Crippen molar-refractivity contribution >= 4 is 28.8 Å². The van der Waals surface area contributed by atoms with Gasteiger partial charge < -0.3 is 24.5 Å². The Balaban J connectivity index is 0.633. The first-order chi connectivity index (χ1) is 32.2. The van der Waals surface area contributed by atoms with Gasteiger partial charge in [0.05, 0.1) is 18.1 Å². The number of nitrogens with zero attached hydrogens (tertiary/aromatic N) is 4. The molecule has 2 aromatic rings. The summed E-state index contributed by atoms with van der Waals surface area (Å²) in [5, 5.41) is 5.24. The van der Waals surface area contributed by atoms with Crippen LogP contribution in [0, 0.1) is 5.92 Å². The maximum absolute atomic E-state index is 14.5. The molecule has 2 saturated carbocycles. The smallest absolute Gasteiger partial charge is 0.335 e. The molecule has 10 aliphatic heterocycles. The molecule has 12 nitrogen and oxygen atoms in total. The number of fused-ring (bicyclic) bond motifs is 10. The van der Waals surface area contributed by atoms with Gasteiger partial charge in [0.25, 0.3) is 0 Å². The number of nitrogens with one attached hydrogen (secondary N) is 2. The van der Waals surface area contributed by atoms with Crippen molar-refractivity contribution in [2.24, 2.45) is 5.92 Å². The zero-order valence-electron chi connectivity index (χ0n) is 37.7. The first-order valence-corrected chi connectivity index (χ1v) is 25.7. The summed E-state index contributed by atoms with van der Waals surface area (Å²) in [4.78, 5) is 53.8. The van der Waals surface area contributed by atoms with Gasteiger partial charge in [-0.25, -0.2) is 18.8 Å². The summed E-state index contributed by atoms with van der Waals surface area (Å²) >= 11 is 0. The molecule has 1 aromatic heterocycles. The molecule has 11 heterocycles. The average Bonchev–Trinajstić information content (AvgIpc) is 4.21. The summed E-state index contributed by atoms with van der Waals surface area (Å²) in [6, 6.07) is 8.81. The highest BCUT2D eigenvalue weighted by atomic mass is 19.1. The summed E-state index contributed by atoms with van der Waals surface area (Å²) < 4.78 is 33.6. The number of benzene rings is 1. The molecule has 3 spiro atoms. The number of alkyl halides is 1. The monoisotopic (exact) mass is 896 g/mol. The third kappa shape index (κ3) is 5.35. The second-order valence-corrected chi connectivity index (χ2v) is 22.7. The van der Waals surface area contributed by atoms with Gasteiger partial charge in [0, 0.05) is 110 Å². The fourth-order valence-electron chi connectivity index (χ4n) is 17.4. The lowest BCUT2D eigenvalue weighted by molar-refractivity contribution is -0.151. The third-order valence-corrected chi connectivity index (χ3v) is 20.1. The number of halogens is 1. The summed E-state index contributed by atoms with van der Waals surface area (Å²) in [6.07, 6.45) is 22.3. The van der Waals surface area contributed by atoms with E-state index >= 15 is 0 Å². The maximum atomic E-state index is 14.5. The van der Waals surface area contributed by atoms with Gasteiger partial charge in [-0.2, -0.15) is 0 Å². The Hall–Kier alpha value is -4.14. The van der Waals surface area contributed by atoms with Crippen LogP contribution in [0.25, 0.3) is 10.9 Å². The molecule has 0 amide bonds. The molecular weight excluding hydrogens is 836 g/mol. The molecule has 13 heteroatoms. The average molecular weight is 897 g/mol. The highest BCUT2D eigenvalue weighted by molar-refractivity contribution is 5.95. The topological polar surface area (TPSA) is 120 Å². The largest absolute Gasteiger partial charge is 0.450 e. The molecule has 0 radical (unpaired) electrons. The third-order valence-electron chi connectivity index (χ3n) is 20.1. The Morgan fingerprint density at radius 1 is 0.758 bits per heavy atom. The number of carbonyl (C=O) groups excluding carboxylic acids is 3. The summed E-state index contributed by atoms with van der Waals surface area (Å²) in [5.74, 6) is -0.0747. The van der Waals surface area contributed by atoms with E-state index in [2.05, 4.69) is 66.4 Å². The molecular formula is C53H61FN6O6. The van der Waals surface area contributed by atoms with E-state index in [0.29, 0.717) is 24.9 Å². The Morgan fingerprint density at radius 2 is 1.59 bits per heavy atom. The number of likely N-dealkylation sites (tertiary alicyclic amines) is 1. The number of aromatic nitrogens is 1. The summed E-state index contributed by atoms with van der Waals surface area (Å²) in [7, 11) is 0. The van der Waals surface area contributed by atoms with Crippen molar-refractivity contribution in [3.63, 3.8) is 0 Å². The standard InChI is InChI=1S/C53H61FN6O6/c54-35-12-15-57(28-35)41-20-34-22-48(62)64-51(34)25-43(41)60-27-32(5-9-45(51)60)29-4-7-37-31(26-56-39(37)17-29)10-13-55-40-19-33-21-47(61)65-52(33)24-42(40)59-16-11-30(18-46(52)59)49-38-8-6-36-23-53(38,66-50(49)63)44-3-1-2-14-58(36)44/h4,6-8,17,21-22,26,30,32,35-36,40-46,55-56H,1-3,5,9-16,18-20,23-25,27-28H2. The number of piperidine rings is 3. The van der Waals surface area contributed by atoms with Gasteiger partial charge in [-0.1, -0.05) is 30.7 Å². The zero-order chi connectivity index (χ0) is 43.8. The van der Waals surface area contributed by atoms with Crippen LogP contribution in [0.3, 0.4) is 0 Å². The molecule has 13 aliphatic rings. The van der Waals surface area contributed by atoms with Crippen molar-refractivity contribution in [1.29, 1.82) is 0 Å². The van der Waals surface area contributed by atoms with Crippen LogP contribution >= 0.6 is 0 Å². The molecule has 9 fully saturated rings. The van der Waals surface area contributed by atoms with Gasteiger partial charge in [-0.15, -0.1) is 0 Å². The predicted octanol–water partition coefficient (Wildman–Crippen LogP) is 5.29. The molecule has 346 valence electrons. The maximum Gasteiger partial charge on any atom is 0.335 e. The molecule has 2 N–H and O–H groups in total. The predicted molar refractivity (Wildman–Crippen MR) is 242 cm³/mol. The number of carbonyl (C=O) groups is 3. The molecule has 1 aromatic carbocycles. The van der Waals surface area contributed by atoms with Crippen LogP contribution in [0.5, 0.6) is 0 Å². The summed E-state index contributed by atoms with van der Waals surface area (Å²) in [6.45, 7) is 4.99. The van der Waals surface area contributed by atoms with Crippen molar-refractivity contribution in [3.05, 3.63) is 82.1 Å². The van der Waals surface area contributed by atoms with Crippen molar-refractivity contribution in [3.8, 4) is 0 Å². The SMILES string of the molecule is O=C1C=C2CC(NCCc3c[nH]c4cc(C5CCC6N(C5)C5CC67OC(=O)C=C7CC5N5CCC(F)C5)ccc34)C3CC2(O1)C1CC(C2=C4C=CC5CC4(OC2=O)C2CCCCN52)CCN31. The number of rotatable bonds is 7. The minimum absolute atomic E-state index is 0.0473. The van der Waals surface area contributed by atoms with Crippen LogP contribution in [0.4, 0.5) is 4.39 Å². The van der Waals surface area contributed by atoms with E-state index in [0.717, 1.165) is 126 Å². The van der Waals surface area contributed by atoms with Crippen LogP contribution in [0.1, 0.15) is 101 Å². The van der Waals surface area contributed by atoms with Gasteiger partial charge in [0.2, 0.25) is 0 Å². The van der Waals surface area contributed by atoms with E-state index in [4.69, 9.17) is 14.2 Å². The number of hydrogen-bond acceptors (Lipinski definition) is 11. The summed E-state index contributed by atoms with van der Waals surface area (Å²) in [5.41, 5.74) is 6.53. The van der Waals surface area contributed by atoms with Gasteiger partial charge in [-0.05, 0) is 124 Å². The van der Waals surface area contributed by atoms with Crippen LogP contribution < -0.4 is 5.32 Å². The van der Waals surface area contributed by atoms with Crippen molar-refractivity contribution in [1.82, 2.24) is 29.9 Å². The molecule has 7 saturated heterocycles. The number of H-pyrrole nitrogens is 1. The van der Waals surface area contributed by atoms with Crippen molar-refractivity contribution < 1.29 is 33.0 Å². The minimum Gasteiger partial charge on any atom is -0.450 e. The minimum atomic E-state index is -0.768. The number of esters is 3. The number of ether oxygens (including phenoxy) is 3. The Labute approximate surface area is 384 Å². The Bertz CT molecular complexity index is 2620.